The molecule has 0 spiro atoms. The first-order chi connectivity index (χ1) is 7.49. The second-order valence-electron chi connectivity index (χ2n) is 5.02. The topological polar surface area (TPSA) is 43.4 Å². The van der Waals surface area contributed by atoms with E-state index in [1.807, 2.05) is 13.8 Å². The largest absolute Gasteiger partial charge is 0.466 e. The summed E-state index contributed by atoms with van der Waals surface area (Å²) in [6.45, 7) is 6.20. The SMILES string of the molecule is CCOC(=O)CCC1(C)CCCC(C)C1=O. The molecule has 0 heterocycles. The third-order valence-corrected chi connectivity index (χ3v) is 3.59. The van der Waals surface area contributed by atoms with Crippen LogP contribution in [0.5, 0.6) is 0 Å². The van der Waals surface area contributed by atoms with Crippen LogP contribution in [0, 0.1) is 11.3 Å². The van der Waals surface area contributed by atoms with Crippen LogP contribution in [-0.2, 0) is 14.3 Å². The first-order valence-electron chi connectivity index (χ1n) is 6.19. The summed E-state index contributed by atoms with van der Waals surface area (Å²) >= 11 is 0. The van der Waals surface area contributed by atoms with Gasteiger partial charge in [-0.1, -0.05) is 20.3 Å². The highest BCUT2D eigenvalue weighted by atomic mass is 16.5. The van der Waals surface area contributed by atoms with Crippen LogP contribution >= 0.6 is 0 Å². The van der Waals surface area contributed by atoms with Crippen molar-refractivity contribution in [2.75, 3.05) is 6.61 Å². The highest BCUT2D eigenvalue weighted by molar-refractivity contribution is 5.87. The quantitative estimate of drug-likeness (QED) is 0.692. The molecule has 0 aromatic carbocycles. The van der Waals surface area contributed by atoms with E-state index in [4.69, 9.17) is 4.74 Å². The number of esters is 1. The molecular formula is C13H22O3. The van der Waals surface area contributed by atoms with Crippen molar-refractivity contribution < 1.29 is 14.3 Å². The molecule has 2 atom stereocenters. The maximum atomic E-state index is 12.1. The van der Waals surface area contributed by atoms with Crippen LogP contribution in [0.1, 0.15) is 52.9 Å². The lowest BCUT2D eigenvalue weighted by Crippen LogP contribution is -2.36. The van der Waals surface area contributed by atoms with E-state index in [-0.39, 0.29) is 17.3 Å². The molecule has 1 fully saturated rings. The number of carbonyl (C=O) groups excluding carboxylic acids is 2. The molecule has 0 saturated heterocycles. The standard InChI is InChI=1S/C13H22O3/c1-4-16-11(14)7-9-13(3)8-5-6-10(2)12(13)15/h10H,4-9H2,1-3H3. The van der Waals surface area contributed by atoms with Gasteiger partial charge in [0, 0.05) is 17.8 Å². The van der Waals surface area contributed by atoms with Crippen LogP contribution < -0.4 is 0 Å². The fourth-order valence-corrected chi connectivity index (χ4v) is 2.51. The van der Waals surface area contributed by atoms with Crippen LogP contribution in [-0.4, -0.2) is 18.4 Å². The van der Waals surface area contributed by atoms with Gasteiger partial charge in [0.2, 0.25) is 0 Å². The van der Waals surface area contributed by atoms with Crippen molar-refractivity contribution in [3.63, 3.8) is 0 Å². The monoisotopic (exact) mass is 226 g/mol. The average Bonchev–Trinajstić information content (AvgIpc) is 2.24. The minimum Gasteiger partial charge on any atom is -0.466 e. The van der Waals surface area contributed by atoms with Gasteiger partial charge < -0.3 is 4.74 Å². The first-order valence-corrected chi connectivity index (χ1v) is 6.19. The molecule has 1 aliphatic rings. The molecule has 3 nitrogen and oxygen atoms in total. The van der Waals surface area contributed by atoms with Crippen molar-refractivity contribution in [1.29, 1.82) is 0 Å². The van der Waals surface area contributed by atoms with E-state index in [1.54, 1.807) is 6.92 Å². The minimum atomic E-state index is -0.301. The molecule has 92 valence electrons. The van der Waals surface area contributed by atoms with E-state index in [1.165, 1.54) is 0 Å². The molecular weight excluding hydrogens is 204 g/mol. The van der Waals surface area contributed by atoms with Crippen LogP contribution in [0.25, 0.3) is 0 Å². The molecule has 3 heteroatoms. The van der Waals surface area contributed by atoms with Gasteiger partial charge in [0.15, 0.2) is 0 Å². The predicted molar refractivity (Wildman–Crippen MR) is 62.0 cm³/mol. The van der Waals surface area contributed by atoms with Crippen molar-refractivity contribution in [3.05, 3.63) is 0 Å². The lowest BCUT2D eigenvalue weighted by atomic mass is 9.68. The maximum absolute atomic E-state index is 12.1. The Balaban J connectivity index is 2.50. The summed E-state index contributed by atoms with van der Waals surface area (Å²) in [5, 5.41) is 0. The fraction of sp³-hybridized carbons (Fsp3) is 0.846. The van der Waals surface area contributed by atoms with Crippen LogP contribution in [0.2, 0.25) is 0 Å². The molecule has 0 radical (unpaired) electrons. The number of hydrogen-bond acceptors (Lipinski definition) is 3. The third-order valence-electron chi connectivity index (χ3n) is 3.59. The molecule has 16 heavy (non-hydrogen) atoms. The van der Waals surface area contributed by atoms with Gasteiger partial charge in [-0.2, -0.15) is 0 Å². The Hall–Kier alpha value is -0.860. The zero-order valence-corrected chi connectivity index (χ0v) is 10.5. The summed E-state index contributed by atoms with van der Waals surface area (Å²) in [6, 6.07) is 0. The lowest BCUT2D eigenvalue weighted by molar-refractivity contribution is -0.145. The van der Waals surface area contributed by atoms with Gasteiger partial charge in [-0.05, 0) is 26.2 Å². The molecule has 1 aliphatic carbocycles. The molecule has 2 unspecified atom stereocenters. The second-order valence-corrected chi connectivity index (χ2v) is 5.02. The molecule has 1 saturated carbocycles. The highest BCUT2D eigenvalue weighted by Gasteiger charge is 2.38. The van der Waals surface area contributed by atoms with E-state index < -0.39 is 0 Å². The summed E-state index contributed by atoms with van der Waals surface area (Å²) < 4.78 is 4.89. The number of ketones is 1. The molecule has 0 aliphatic heterocycles. The van der Waals surface area contributed by atoms with Crippen LogP contribution in [0.4, 0.5) is 0 Å². The molecule has 0 bridgehead atoms. The average molecular weight is 226 g/mol. The van der Waals surface area contributed by atoms with E-state index in [0.717, 1.165) is 19.3 Å². The molecule has 0 amide bonds. The van der Waals surface area contributed by atoms with Gasteiger partial charge in [-0.25, -0.2) is 0 Å². The number of ether oxygens (including phenoxy) is 1. The summed E-state index contributed by atoms with van der Waals surface area (Å²) in [7, 11) is 0. The molecule has 0 N–H and O–H groups in total. The van der Waals surface area contributed by atoms with Gasteiger partial charge >= 0.3 is 5.97 Å². The summed E-state index contributed by atoms with van der Waals surface area (Å²) in [6.07, 6.45) is 3.99. The summed E-state index contributed by atoms with van der Waals surface area (Å²) in [4.78, 5) is 23.3. The molecule has 0 aromatic rings. The Morgan fingerprint density at radius 2 is 2.25 bits per heavy atom. The van der Waals surface area contributed by atoms with Gasteiger partial charge in [0.05, 0.1) is 6.61 Å². The number of Topliss-reactive ketones (excluding diaryl/α,β-unsaturated/α-hetero) is 1. The van der Waals surface area contributed by atoms with Crippen molar-refractivity contribution in [1.82, 2.24) is 0 Å². The smallest absolute Gasteiger partial charge is 0.305 e. The zero-order chi connectivity index (χ0) is 12.2. The summed E-state index contributed by atoms with van der Waals surface area (Å²) in [5.41, 5.74) is -0.301. The fourth-order valence-electron chi connectivity index (χ4n) is 2.51. The van der Waals surface area contributed by atoms with Gasteiger partial charge in [0.25, 0.3) is 0 Å². The Morgan fingerprint density at radius 3 is 2.88 bits per heavy atom. The number of carbonyl (C=O) groups is 2. The summed E-state index contributed by atoms with van der Waals surface area (Å²) in [5.74, 6) is 0.291. The number of rotatable bonds is 4. The molecule has 1 rings (SSSR count). The maximum Gasteiger partial charge on any atom is 0.305 e. The number of hydrogen-bond donors (Lipinski definition) is 0. The zero-order valence-electron chi connectivity index (χ0n) is 10.5. The third kappa shape index (κ3) is 3.06. The van der Waals surface area contributed by atoms with Crippen molar-refractivity contribution in [3.8, 4) is 0 Å². The van der Waals surface area contributed by atoms with Crippen LogP contribution in [0.3, 0.4) is 0 Å². The Labute approximate surface area is 97.5 Å². The van der Waals surface area contributed by atoms with Gasteiger partial charge in [-0.3, -0.25) is 9.59 Å². The van der Waals surface area contributed by atoms with Crippen LogP contribution in [0.15, 0.2) is 0 Å². The van der Waals surface area contributed by atoms with E-state index in [9.17, 15) is 9.59 Å². The van der Waals surface area contributed by atoms with E-state index in [0.29, 0.717) is 25.2 Å². The predicted octanol–water partition coefficient (Wildman–Crippen LogP) is 2.73. The van der Waals surface area contributed by atoms with Gasteiger partial charge in [0.1, 0.15) is 5.78 Å². The molecule has 0 aromatic heterocycles. The van der Waals surface area contributed by atoms with Gasteiger partial charge in [-0.15, -0.1) is 0 Å². The first kappa shape index (κ1) is 13.2. The van der Waals surface area contributed by atoms with Crippen molar-refractivity contribution in [2.45, 2.75) is 52.9 Å². The Bertz CT molecular complexity index is 272. The minimum absolute atomic E-state index is 0.154. The van der Waals surface area contributed by atoms with Crippen molar-refractivity contribution >= 4 is 11.8 Å². The second kappa shape index (κ2) is 5.46. The Morgan fingerprint density at radius 1 is 1.56 bits per heavy atom. The van der Waals surface area contributed by atoms with E-state index >= 15 is 0 Å². The lowest BCUT2D eigenvalue weighted by Gasteiger charge is -2.35. The normalized spacial score (nSPS) is 30.2. The van der Waals surface area contributed by atoms with Crippen molar-refractivity contribution in [2.24, 2.45) is 11.3 Å². The Kier molecular flexibility index (Phi) is 4.51. The highest BCUT2D eigenvalue weighted by Crippen LogP contribution is 2.39. The van der Waals surface area contributed by atoms with E-state index in [2.05, 4.69) is 0 Å².